The molecule has 130 valence electrons. The summed E-state index contributed by atoms with van der Waals surface area (Å²) in [4.78, 5) is 23.9. The van der Waals surface area contributed by atoms with Gasteiger partial charge in [-0.2, -0.15) is 0 Å². The van der Waals surface area contributed by atoms with Crippen LogP contribution < -0.4 is 19.5 Å². The van der Waals surface area contributed by atoms with Crippen LogP contribution in [0.4, 0.5) is 5.69 Å². The Morgan fingerprint density at radius 2 is 1.76 bits per heavy atom. The number of anilines is 1. The summed E-state index contributed by atoms with van der Waals surface area (Å²) in [6.07, 6.45) is 0. The van der Waals surface area contributed by atoms with Crippen molar-refractivity contribution in [3.05, 3.63) is 48.0 Å². The first kappa shape index (κ1) is 16.6. The molecule has 1 aliphatic heterocycles. The Morgan fingerprint density at radius 1 is 1.04 bits per heavy atom. The molecule has 0 radical (unpaired) electrons. The van der Waals surface area contributed by atoms with Gasteiger partial charge in [0.15, 0.2) is 18.1 Å². The Balaban J connectivity index is 1.53. The van der Waals surface area contributed by atoms with Gasteiger partial charge in [0.25, 0.3) is 5.91 Å². The van der Waals surface area contributed by atoms with Crippen LogP contribution in [0, 0.1) is 0 Å². The van der Waals surface area contributed by atoms with Gasteiger partial charge in [-0.05, 0) is 42.5 Å². The standard InChI is InChI=1S/C18H17NO6/c1-22-14-5-3-13(4-6-14)19-17(20)11-25-18(21)12-2-7-15-16(10-12)24-9-8-23-15/h2-7,10H,8-9,11H2,1H3,(H,19,20). The predicted molar refractivity (Wildman–Crippen MR) is 89.3 cm³/mol. The summed E-state index contributed by atoms with van der Waals surface area (Å²) in [6.45, 7) is 0.511. The molecule has 1 amide bonds. The average molecular weight is 343 g/mol. The first-order chi connectivity index (χ1) is 12.2. The van der Waals surface area contributed by atoms with E-state index >= 15 is 0 Å². The van der Waals surface area contributed by atoms with Crippen LogP contribution in [0.25, 0.3) is 0 Å². The third-order valence-electron chi connectivity index (χ3n) is 3.49. The summed E-state index contributed by atoms with van der Waals surface area (Å²) < 4.78 is 20.9. The molecule has 0 fully saturated rings. The molecule has 1 heterocycles. The van der Waals surface area contributed by atoms with E-state index in [0.717, 1.165) is 0 Å². The summed E-state index contributed by atoms with van der Waals surface area (Å²) >= 11 is 0. The van der Waals surface area contributed by atoms with Crippen molar-refractivity contribution in [1.82, 2.24) is 0 Å². The summed E-state index contributed by atoms with van der Waals surface area (Å²) in [5, 5.41) is 2.63. The highest BCUT2D eigenvalue weighted by atomic mass is 16.6. The van der Waals surface area contributed by atoms with Crippen molar-refractivity contribution in [3.8, 4) is 17.2 Å². The number of carbonyl (C=O) groups is 2. The van der Waals surface area contributed by atoms with Gasteiger partial charge in [0.05, 0.1) is 12.7 Å². The monoisotopic (exact) mass is 343 g/mol. The number of benzene rings is 2. The fourth-order valence-corrected chi connectivity index (χ4v) is 2.26. The quantitative estimate of drug-likeness (QED) is 0.839. The molecule has 2 aromatic carbocycles. The smallest absolute Gasteiger partial charge is 0.338 e. The summed E-state index contributed by atoms with van der Waals surface area (Å²) in [5.74, 6) is 0.712. The van der Waals surface area contributed by atoms with E-state index in [-0.39, 0.29) is 6.61 Å². The second-order valence-corrected chi connectivity index (χ2v) is 5.21. The first-order valence-corrected chi connectivity index (χ1v) is 7.66. The van der Waals surface area contributed by atoms with Crippen LogP contribution in [0.3, 0.4) is 0 Å². The molecule has 0 atom stereocenters. The zero-order chi connectivity index (χ0) is 17.6. The maximum atomic E-state index is 12.1. The van der Waals surface area contributed by atoms with Crippen LogP contribution in [0.1, 0.15) is 10.4 Å². The van der Waals surface area contributed by atoms with Crippen LogP contribution in [-0.4, -0.2) is 38.8 Å². The Hall–Kier alpha value is -3.22. The van der Waals surface area contributed by atoms with Gasteiger partial charge in [-0.1, -0.05) is 0 Å². The third-order valence-corrected chi connectivity index (χ3v) is 3.49. The van der Waals surface area contributed by atoms with Crippen molar-refractivity contribution in [2.24, 2.45) is 0 Å². The van der Waals surface area contributed by atoms with E-state index in [1.807, 2.05) is 0 Å². The Morgan fingerprint density at radius 3 is 2.48 bits per heavy atom. The minimum Gasteiger partial charge on any atom is -0.497 e. The summed E-state index contributed by atoms with van der Waals surface area (Å²) in [6, 6.07) is 11.6. The number of nitrogens with one attached hydrogen (secondary N) is 1. The SMILES string of the molecule is COc1ccc(NC(=O)COC(=O)c2ccc3c(c2)OCCO3)cc1. The van der Waals surface area contributed by atoms with Crippen LogP contribution in [0.5, 0.6) is 17.2 Å². The molecule has 0 aromatic heterocycles. The second-order valence-electron chi connectivity index (χ2n) is 5.21. The Kier molecular flexibility index (Phi) is 5.03. The lowest BCUT2D eigenvalue weighted by Gasteiger charge is -2.18. The van der Waals surface area contributed by atoms with Gasteiger partial charge >= 0.3 is 5.97 Å². The highest BCUT2D eigenvalue weighted by Gasteiger charge is 2.16. The average Bonchev–Trinajstić information content (AvgIpc) is 2.66. The zero-order valence-corrected chi connectivity index (χ0v) is 13.6. The van der Waals surface area contributed by atoms with Crippen molar-refractivity contribution < 1.29 is 28.5 Å². The van der Waals surface area contributed by atoms with E-state index in [4.69, 9.17) is 18.9 Å². The predicted octanol–water partition coefficient (Wildman–Crippen LogP) is 2.26. The van der Waals surface area contributed by atoms with Gasteiger partial charge in [0, 0.05) is 5.69 Å². The van der Waals surface area contributed by atoms with Gasteiger partial charge in [-0.3, -0.25) is 4.79 Å². The van der Waals surface area contributed by atoms with Crippen molar-refractivity contribution in [1.29, 1.82) is 0 Å². The topological polar surface area (TPSA) is 83.1 Å². The van der Waals surface area contributed by atoms with E-state index in [1.54, 1.807) is 43.5 Å². The van der Waals surface area contributed by atoms with Crippen molar-refractivity contribution in [2.75, 3.05) is 32.2 Å². The lowest BCUT2D eigenvalue weighted by atomic mass is 10.2. The van der Waals surface area contributed by atoms with Crippen LogP contribution in [0.15, 0.2) is 42.5 Å². The number of hydrogen-bond acceptors (Lipinski definition) is 6. The third kappa shape index (κ3) is 4.20. The van der Waals surface area contributed by atoms with Crippen LogP contribution in [-0.2, 0) is 9.53 Å². The minimum absolute atomic E-state index is 0.293. The molecule has 1 N–H and O–H groups in total. The maximum Gasteiger partial charge on any atom is 0.338 e. The Labute approximate surface area is 144 Å². The van der Waals surface area contributed by atoms with Crippen molar-refractivity contribution in [2.45, 2.75) is 0 Å². The highest BCUT2D eigenvalue weighted by Crippen LogP contribution is 2.30. The minimum atomic E-state index is -0.609. The van der Waals surface area contributed by atoms with E-state index in [0.29, 0.717) is 41.7 Å². The van der Waals surface area contributed by atoms with Gasteiger partial charge in [0.1, 0.15) is 19.0 Å². The fraction of sp³-hybridized carbons (Fsp3) is 0.222. The van der Waals surface area contributed by atoms with Crippen molar-refractivity contribution in [3.63, 3.8) is 0 Å². The van der Waals surface area contributed by atoms with Crippen molar-refractivity contribution >= 4 is 17.6 Å². The molecule has 0 saturated carbocycles. The number of ether oxygens (including phenoxy) is 4. The lowest BCUT2D eigenvalue weighted by molar-refractivity contribution is -0.119. The summed E-state index contributed by atoms with van der Waals surface area (Å²) in [5.41, 5.74) is 0.877. The molecular weight excluding hydrogens is 326 g/mol. The maximum absolute atomic E-state index is 12.1. The molecule has 25 heavy (non-hydrogen) atoms. The number of hydrogen-bond donors (Lipinski definition) is 1. The number of fused-ring (bicyclic) bond motifs is 1. The lowest BCUT2D eigenvalue weighted by Crippen LogP contribution is -2.21. The van der Waals surface area contributed by atoms with E-state index in [2.05, 4.69) is 5.32 Å². The molecule has 7 nitrogen and oxygen atoms in total. The van der Waals surface area contributed by atoms with Crippen LogP contribution in [0.2, 0.25) is 0 Å². The van der Waals surface area contributed by atoms with E-state index in [9.17, 15) is 9.59 Å². The first-order valence-electron chi connectivity index (χ1n) is 7.66. The molecule has 0 unspecified atom stereocenters. The molecule has 1 aliphatic rings. The molecule has 0 bridgehead atoms. The number of methoxy groups -OCH3 is 1. The molecular formula is C18H17NO6. The van der Waals surface area contributed by atoms with Gasteiger partial charge in [0.2, 0.25) is 0 Å². The number of esters is 1. The number of amides is 1. The highest BCUT2D eigenvalue weighted by molar-refractivity contribution is 5.95. The molecule has 0 saturated heterocycles. The molecule has 7 heteroatoms. The van der Waals surface area contributed by atoms with Crippen LogP contribution >= 0.6 is 0 Å². The van der Waals surface area contributed by atoms with Gasteiger partial charge in [-0.15, -0.1) is 0 Å². The molecule has 0 spiro atoms. The Bertz CT molecular complexity index is 772. The molecule has 3 rings (SSSR count). The molecule has 0 aliphatic carbocycles. The van der Waals surface area contributed by atoms with Gasteiger partial charge in [-0.25, -0.2) is 4.79 Å². The fourth-order valence-electron chi connectivity index (χ4n) is 2.26. The van der Waals surface area contributed by atoms with E-state index < -0.39 is 11.9 Å². The number of carbonyl (C=O) groups excluding carboxylic acids is 2. The summed E-state index contributed by atoms with van der Waals surface area (Å²) in [7, 11) is 1.56. The zero-order valence-electron chi connectivity index (χ0n) is 13.6. The normalized spacial score (nSPS) is 12.2. The second kappa shape index (κ2) is 7.57. The molecule has 2 aromatic rings. The van der Waals surface area contributed by atoms with Gasteiger partial charge < -0.3 is 24.3 Å². The largest absolute Gasteiger partial charge is 0.497 e. The van der Waals surface area contributed by atoms with E-state index in [1.165, 1.54) is 6.07 Å². The number of rotatable bonds is 5.